The number of rotatable bonds is 5. The van der Waals surface area contributed by atoms with Gasteiger partial charge in [-0.3, -0.25) is 14.4 Å². The summed E-state index contributed by atoms with van der Waals surface area (Å²) in [4.78, 5) is 14.7. The summed E-state index contributed by atoms with van der Waals surface area (Å²) in [6.07, 6.45) is 5.39. The van der Waals surface area contributed by atoms with Crippen molar-refractivity contribution in [3.8, 4) is 12.3 Å². The average molecular weight is 433 g/mol. The second-order valence-corrected chi connectivity index (χ2v) is 8.45. The number of nitrogens with zero attached hydrogens (tertiary/aromatic N) is 3. The maximum Gasteiger partial charge on any atom is 0.416 e. The first kappa shape index (κ1) is 21.5. The summed E-state index contributed by atoms with van der Waals surface area (Å²) >= 11 is 0. The number of hydrogen-bond acceptors (Lipinski definition) is 4. The zero-order chi connectivity index (χ0) is 22.2. The number of nitrogens with one attached hydrogen (secondary N) is 2. The average Bonchev–Trinajstić information content (AvgIpc) is 3.03. The lowest BCUT2D eigenvalue weighted by Gasteiger charge is -2.46. The van der Waals surface area contributed by atoms with Crippen LogP contribution in [0.5, 0.6) is 0 Å². The molecule has 2 fully saturated rings. The Morgan fingerprint density at radius 2 is 1.97 bits per heavy atom. The minimum absolute atomic E-state index is 0.0495. The molecular weight excluding hydrogens is 407 g/mol. The fourth-order valence-electron chi connectivity index (χ4n) is 4.52. The van der Waals surface area contributed by atoms with Gasteiger partial charge in [0.1, 0.15) is 0 Å². The van der Waals surface area contributed by atoms with E-state index in [1.54, 1.807) is 7.05 Å². The Bertz CT molecular complexity index is 995. The Morgan fingerprint density at radius 1 is 1.26 bits per heavy atom. The van der Waals surface area contributed by atoms with Gasteiger partial charge in [0.05, 0.1) is 23.7 Å². The van der Waals surface area contributed by atoms with Gasteiger partial charge in [0, 0.05) is 37.5 Å². The van der Waals surface area contributed by atoms with Crippen molar-refractivity contribution in [2.24, 2.45) is 13.0 Å². The van der Waals surface area contributed by atoms with Gasteiger partial charge in [0.2, 0.25) is 5.91 Å². The molecule has 166 valence electrons. The van der Waals surface area contributed by atoms with Gasteiger partial charge in [-0.25, -0.2) is 0 Å². The quantitative estimate of drug-likeness (QED) is 0.712. The van der Waals surface area contributed by atoms with Crippen molar-refractivity contribution in [2.45, 2.75) is 43.9 Å². The predicted octanol–water partition coefficient (Wildman–Crippen LogP) is 3.00. The van der Waals surface area contributed by atoms with Crippen LogP contribution in [-0.2, 0) is 18.0 Å². The molecule has 1 amide bonds. The molecule has 0 bridgehead atoms. The molecule has 1 aliphatic heterocycles. The molecule has 31 heavy (non-hydrogen) atoms. The third kappa shape index (κ3) is 4.64. The van der Waals surface area contributed by atoms with Crippen molar-refractivity contribution in [3.63, 3.8) is 0 Å². The maximum atomic E-state index is 13.0. The third-order valence-corrected chi connectivity index (χ3v) is 6.32. The maximum absolute atomic E-state index is 13.0. The van der Waals surface area contributed by atoms with Crippen LogP contribution in [0.25, 0.3) is 10.9 Å². The minimum atomic E-state index is -4.44. The molecule has 1 saturated carbocycles. The first-order chi connectivity index (χ1) is 14.7. The van der Waals surface area contributed by atoms with Crippen molar-refractivity contribution in [1.82, 2.24) is 20.0 Å². The molecule has 1 saturated heterocycles. The van der Waals surface area contributed by atoms with Gasteiger partial charge < -0.3 is 10.6 Å². The van der Waals surface area contributed by atoms with Crippen molar-refractivity contribution in [3.05, 3.63) is 23.8 Å². The first-order valence-electron chi connectivity index (χ1n) is 10.5. The number of terminal acetylenes is 1. The van der Waals surface area contributed by atoms with E-state index in [-0.39, 0.29) is 24.3 Å². The number of alkyl halides is 3. The normalized spacial score (nSPS) is 22.7. The number of fused-ring (bicyclic) bond motifs is 1. The smallest absolute Gasteiger partial charge is 0.359 e. The number of carbonyl (C=O) groups is 1. The van der Waals surface area contributed by atoms with Gasteiger partial charge in [-0.05, 0) is 43.9 Å². The molecular formula is C22H26F3N5O. The van der Waals surface area contributed by atoms with Gasteiger partial charge in [-0.2, -0.15) is 18.3 Å². The van der Waals surface area contributed by atoms with Gasteiger partial charge >= 0.3 is 6.18 Å². The highest BCUT2D eigenvalue weighted by molar-refractivity contribution is 5.92. The van der Waals surface area contributed by atoms with Crippen molar-refractivity contribution < 1.29 is 18.0 Å². The van der Waals surface area contributed by atoms with Crippen LogP contribution in [0.1, 0.15) is 31.2 Å². The molecule has 1 aromatic heterocycles. The SMILES string of the molecule is C#CC1CCC(N2CC(NC(=O)CNc3nn(C)c4ccc(C(F)(F)F)cc34)C2)CC1. The Morgan fingerprint density at radius 3 is 2.61 bits per heavy atom. The molecule has 9 heteroatoms. The molecule has 2 aliphatic rings. The van der Waals surface area contributed by atoms with Crippen LogP contribution >= 0.6 is 0 Å². The third-order valence-electron chi connectivity index (χ3n) is 6.32. The monoisotopic (exact) mass is 433 g/mol. The van der Waals surface area contributed by atoms with Crippen LogP contribution in [0.4, 0.5) is 19.0 Å². The van der Waals surface area contributed by atoms with E-state index < -0.39 is 11.7 Å². The number of anilines is 1. The van der Waals surface area contributed by atoms with E-state index >= 15 is 0 Å². The summed E-state index contributed by atoms with van der Waals surface area (Å²) in [6.45, 7) is 1.59. The fourth-order valence-corrected chi connectivity index (χ4v) is 4.52. The Balaban J connectivity index is 1.28. The molecule has 1 aliphatic carbocycles. The lowest BCUT2D eigenvalue weighted by Crippen LogP contribution is -2.63. The largest absolute Gasteiger partial charge is 0.416 e. The molecule has 2 N–H and O–H groups in total. The number of benzene rings is 1. The van der Waals surface area contributed by atoms with E-state index in [4.69, 9.17) is 6.42 Å². The highest BCUT2D eigenvalue weighted by Crippen LogP contribution is 2.33. The molecule has 2 aromatic rings. The van der Waals surface area contributed by atoms with Gasteiger partial charge in [-0.15, -0.1) is 12.3 Å². The lowest BCUT2D eigenvalue weighted by molar-refractivity contribution is -0.137. The standard InChI is InChI=1S/C22H26F3N5O/c1-3-14-4-7-17(8-5-14)30-12-16(13-30)27-20(31)11-26-21-18-10-15(22(23,24)25)6-9-19(18)29(2)28-21/h1,6,9-10,14,16-17H,4-5,7-8,11-13H2,2H3,(H,26,28)(H,27,31). The summed E-state index contributed by atoms with van der Waals surface area (Å²) in [6, 6.07) is 4.11. The molecule has 6 nitrogen and oxygen atoms in total. The Labute approximate surface area is 179 Å². The number of aryl methyl sites for hydroxylation is 1. The molecule has 0 atom stereocenters. The van der Waals surface area contributed by atoms with Crippen molar-refractivity contribution >= 4 is 22.6 Å². The van der Waals surface area contributed by atoms with Crippen LogP contribution in [0.3, 0.4) is 0 Å². The van der Waals surface area contributed by atoms with E-state index in [0.717, 1.165) is 50.9 Å². The minimum Gasteiger partial charge on any atom is -0.359 e. The number of carbonyl (C=O) groups excluding carboxylic acids is 1. The summed E-state index contributed by atoms with van der Waals surface area (Å²) in [7, 11) is 1.65. The van der Waals surface area contributed by atoms with Crippen molar-refractivity contribution in [1.29, 1.82) is 0 Å². The molecule has 1 aromatic carbocycles. The lowest BCUT2D eigenvalue weighted by atomic mass is 9.84. The van der Waals surface area contributed by atoms with E-state index in [9.17, 15) is 18.0 Å². The van der Waals surface area contributed by atoms with E-state index in [1.807, 2.05) is 0 Å². The Hall–Kier alpha value is -2.73. The highest BCUT2D eigenvalue weighted by Gasteiger charge is 2.35. The van der Waals surface area contributed by atoms with Gasteiger partial charge in [-0.1, -0.05) is 0 Å². The van der Waals surface area contributed by atoms with Crippen LogP contribution in [0.15, 0.2) is 18.2 Å². The highest BCUT2D eigenvalue weighted by atomic mass is 19.4. The van der Waals surface area contributed by atoms with Crippen LogP contribution in [-0.4, -0.2) is 52.3 Å². The molecule has 0 spiro atoms. The predicted molar refractivity (Wildman–Crippen MR) is 112 cm³/mol. The topological polar surface area (TPSA) is 62.2 Å². The van der Waals surface area contributed by atoms with Crippen molar-refractivity contribution in [2.75, 3.05) is 25.0 Å². The summed E-state index contributed by atoms with van der Waals surface area (Å²) in [5, 5.41) is 10.4. The zero-order valence-corrected chi connectivity index (χ0v) is 17.4. The molecule has 4 rings (SSSR count). The van der Waals surface area contributed by atoms with Crippen LogP contribution in [0.2, 0.25) is 0 Å². The molecule has 0 unspecified atom stereocenters. The number of hydrogen-bond donors (Lipinski definition) is 2. The molecule has 0 radical (unpaired) electrons. The van der Waals surface area contributed by atoms with Gasteiger partial charge in [0.15, 0.2) is 5.82 Å². The van der Waals surface area contributed by atoms with Gasteiger partial charge in [0.25, 0.3) is 0 Å². The van der Waals surface area contributed by atoms with E-state index in [1.165, 1.54) is 10.7 Å². The van der Waals surface area contributed by atoms with Crippen LogP contribution in [0, 0.1) is 18.3 Å². The van der Waals surface area contributed by atoms with E-state index in [2.05, 4.69) is 26.6 Å². The fraction of sp³-hybridized carbons (Fsp3) is 0.545. The number of aromatic nitrogens is 2. The summed E-state index contributed by atoms with van der Waals surface area (Å²) in [5.41, 5.74) is -0.184. The van der Waals surface area contributed by atoms with E-state index in [0.29, 0.717) is 22.9 Å². The summed E-state index contributed by atoms with van der Waals surface area (Å²) < 4.78 is 40.6. The zero-order valence-electron chi connectivity index (χ0n) is 17.4. The second kappa shape index (κ2) is 8.42. The van der Waals surface area contributed by atoms with Crippen LogP contribution < -0.4 is 10.6 Å². The number of halogens is 3. The summed E-state index contributed by atoms with van der Waals surface area (Å²) in [5.74, 6) is 3.30. The first-order valence-corrected chi connectivity index (χ1v) is 10.5. The Kier molecular flexibility index (Phi) is 5.84. The molecule has 2 heterocycles. The number of amides is 1. The number of likely N-dealkylation sites (tertiary alicyclic amines) is 1. The second-order valence-electron chi connectivity index (χ2n) is 8.45.